The van der Waals surface area contributed by atoms with Crippen LogP contribution in [-0.4, -0.2) is 16.1 Å². The standard InChI is InChI=1S/C15H19BrFN3S/c1-3-6-12-15(21-20-19-12)13(18-4-2)9-10-7-5-8-11(17)14(10)16/h5,7-8,13,18H,3-4,6,9H2,1-2H3. The van der Waals surface area contributed by atoms with Gasteiger partial charge in [-0.05, 0) is 58.5 Å². The molecule has 114 valence electrons. The zero-order valence-corrected chi connectivity index (χ0v) is 14.6. The van der Waals surface area contributed by atoms with Crippen LogP contribution in [0.25, 0.3) is 0 Å². The molecule has 0 radical (unpaired) electrons. The molecule has 1 aromatic carbocycles. The largest absolute Gasteiger partial charge is 0.309 e. The van der Waals surface area contributed by atoms with E-state index in [1.54, 1.807) is 6.07 Å². The Morgan fingerprint density at radius 1 is 1.38 bits per heavy atom. The Morgan fingerprint density at radius 3 is 2.90 bits per heavy atom. The van der Waals surface area contributed by atoms with E-state index in [9.17, 15) is 4.39 Å². The second-order valence-electron chi connectivity index (χ2n) is 4.86. The molecule has 1 heterocycles. The molecule has 0 bridgehead atoms. The highest BCUT2D eigenvalue weighted by Crippen LogP contribution is 2.29. The first-order valence-corrected chi connectivity index (χ1v) is 8.71. The molecular weight excluding hydrogens is 353 g/mol. The number of hydrogen-bond acceptors (Lipinski definition) is 4. The summed E-state index contributed by atoms with van der Waals surface area (Å²) >= 11 is 4.78. The van der Waals surface area contributed by atoms with Crippen molar-refractivity contribution in [2.45, 2.75) is 39.2 Å². The number of aryl methyl sites for hydroxylation is 1. The predicted octanol–water partition coefficient (Wildman–Crippen LogP) is 4.29. The van der Waals surface area contributed by atoms with E-state index >= 15 is 0 Å². The van der Waals surface area contributed by atoms with Crippen LogP contribution in [0.15, 0.2) is 22.7 Å². The van der Waals surface area contributed by atoms with Crippen LogP contribution in [-0.2, 0) is 12.8 Å². The maximum Gasteiger partial charge on any atom is 0.137 e. The van der Waals surface area contributed by atoms with E-state index in [1.165, 1.54) is 17.6 Å². The number of hydrogen-bond donors (Lipinski definition) is 1. The number of rotatable bonds is 7. The molecule has 0 aliphatic carbocycles. The fraction of sp³-hybridized carbons (Fsp3) is 0.467. The van der Waals surface area contributed by atoms with Crippen LogP contribution in [0.5, 0.6) is 0 Å². The monoisotopic (exact) mass is 371 g/mol. The quantitative estimate of drug-likeness (QED) is 0.788. The summed E-state index contributed by atoms with van der Waals surface area (Å²) in [5.41, 5.74) is 2.01. The van der Waals surface area contributed by atoms with Gasteiger partial charge < -0.3 is 5.32 Å². The lowest BCUT2D eigenvalue weighted by Gasteiger charge is -2.18. The van der Waals surface area contributed by atoms with Crippen molar-refractivity contribution in [3.8, 4) is 0 Å². The molecule has 2 aromatic rings. The maximum absolute atomic E-state index is 13.7. The number of halogens is 2. The third kappa shape index (κ3) is 4.08. The Labute approximate surface area is 137 Å². The Kier molecular flexibility index (Phi) is 6.26. The average Bonchev–Trinajstić information content (AvgIpc) is 2.92. The van der Waals surface area contributed by atoms with Crippen molar-refractivity contribution in [2.24, 2.45) is 0 Å². The highest BCUT2D eigenvalue weighted by Gasteiger charge is 2.20. The van der Waals surface area contributed by atoms with Gasteiger partial charge in [0.2, 0.25) is 0 Å². The summed E-state index contributed by atoms with van der Waals surface area (Å²) in [7, 11) is 0. The number of likely N-dealkylation sites (N-methyl/N-ethyl adjacent to an activating group) is 1. The molecule has 0 aliphatic heterocycles. The molecule has 1 atom stereocenters. The van der Waals surface area contributed by atoms with Crippen molar-refractivity contribution in [2.75, 3.05) is 6.54 Å². The minimum Gasteiger partial charge on any atom is -0.309 e. The zero-order valence-electron chi connectivity index (χ0n) is 12.2. The molecule has 3 nitrogen and oxygen atoms in total. The van der Waals surface area contributed by atoms with Crippen LogP contribution < -0.4 is 5.32 Å². The van der Waals surface area contributed by atoms with E-state index in [4.69, 9.17) is 0 Å². The second kappa shape index (κ2) is 7.96. The van der Waals surface area contributed by atoms with Gasteiger partial charge in [-0.15, -0.1) is 5.10 Å². The van der Waals surface area contributed by atoms with Crippen molar-refractivity contribution >= 4 is 27.5 Å². The van der Waals surface area contributed by atoms with Gasteiger partial charge in [0.05, 0.1) is 15.0 Å². The lowest BCUT2D eigenvalue weighted by Crippen LogP contribution is -2.23. The summed E-state index contributed by atoms with van der Waals surface area (Å²) in [6.45, 7) is 5.05. The molecule has 0 aliphatic rings. The number of aromatic nitrogens is 2. The lowest BCUT2D eigenvalue weighted by molar-refractivity contribution is 0.546. The molecule has 0 saturated heterocycles. The second-order valence-corrected chi connectivity index (χ2v) is 6.44. The summed E-state index contributed by atoms with van der Waals surface area (Å²) in [6, 6.07) is 5.28. The normalized spacial score (nSPS) is 12.6. The molecule has 1 unspecified atom stereocenters. The van der Waals surface area contributed by atoms with E-state index < -0.39 is 0 Å². The Morgan fingerprint density at radius 2 is 2.19 bits per heavy atom. The molecule has 0 spiro atoms. The van der Waals surface area contributed by atoms with Gasteiger partial charge in [-0.3, -0.25) is 0 Å². The Hall–Kier alpha value is -0.850. The third-order valence-electron chi connectivity index (χ3n) is 3.29. The number of nitrogens with one attached hydrogen (secondary N) is 1. The Bertz CT molecular complexity index is 588. The molecule has 0 fully saturated rings. The van der Waals surface area contributed by atoms with Gasteiger partial charge in [0.15, 0.2) is 0 Å². The highest BCUT2D eigenvalue weighted by molar-refractivity contribution is 9.10. The summed E-state index contributed by atoms with van der Waals surface area (Å²) in [6.07, 6.45) is 2.69. The minimum atomic E-state index is -0.223. The molecule has 2 rings (SSSR count). The fourth-order valence-electron chi connectivity index (χ4n) is 2.32. The van der Waals surface area contributed by atoms with Gasteiger partial charge in [-0.25, -0.2) is 4.39 Å². The minimum absolute atomic E-state index is 0.120. The highest BCUT2D eigenvalue weighted by atomic mass is 79.9. The number of nitrogens with zero attached hydrogens (tertiary/aromatic N) is 2. The predicted molar refractivity (Wildman–Crippen MR) is 88.1 cm³/mol. The van der Waals surface area contributed by atoms with E-state index in [0.29, 0.717) is 10.9 Å². The summed E-state index contributed by atoms with van der Waals surface area (Å²) in [4.78, 5) is 1.16. The molecule has 1 N–H and O–H groups in total. The first kappa shape index (κ1) is 16.5. The lowest BCUT2D eigenvalue weighted by atomic mass is 10.0. The van der Waals surface area contributed by atoms with Crippen molar-refractivity contribution in [1.82, 2.24) is 14.9 Å². The Balaban J connectivity index is 2.26. The summed E-state index contributed by atoms with van der Waals surface area (Å²) in [5, 5.41) is 7.70. The van der Waals surface area contributed by atoms with Crippen LogP contribution >= 0.6 is 27.5 Å². The average molecular weight is 372 g/mol. The van der Waals surface area contributed by atoms with E-state index in [1.807, 2.05) is 6.07 Å². The smallest absolute Gasteiger partial charge is 0.137 e. The van der Waals surface area contributed by atoms with Crippen LogP contribution in [0, 0.1) is 5.82 Å². The van der Waals surface area contributed by atoms with E-state index in [0.717, 1.165) is 35.5 Å². The van der Waals surface area contributed by atoms with Gasteiger partial charge in [0, 0.05) is 6.04 Å². The molecule has 21 heavy (non-hydrogen) atoms. The van der Waals surface area contributed by atoms with Crippen LogP contribution in [0.3, 0.4) is 0 Å². The van der Waals surface area contributed by atoms with Gasteiger partial charge in [-0.2, -0.15) is 0 Å². The van der Waals surface area contributed by atoms with E-state index in [-0.39, 0.29) is 11.9 Å². The summed E-state index contributed by atoms with van der Waals surface area (Å²) in [5.74, 6) is -0.223. The molecule has 0 amide bonds. The van der Waals surface area contributed by atoms with Crippen molar-refractivity contribution in [3.05, 3.63) is 44.6 Å². The molecular formula is C15H19BrFN3S. The first-order chi connectivity index (χ1) is 10.2. The van der Waals surface area contributed by atoms with Crippen molar-refractivity contribution in [1.29, 1.82) is 0 Å². The summed E-state index contributed by atoms with van der Waals surface area (Å²) < 4.78 is 18.3. The molecule has 1 aromatic heterocycles. The van der Waals surface area contributed by atoms with E-state index in [2.05, 4.69) is 44.7 Å². The molecule has 0 saturated carbocycles. The van der Waals surface area contributed by atoms with Crippen LogP contribution in [0.2, 0.25) is 0 Å². The van der Waals surface area contributed by atoms with Crippen LogP contribution in [0.1, 0.15) is 42.4 Å². The van der Waals surface area contributed by atoms with Gasteiger partial charge >= 0.3 is 0 Å². The van der Waals surface area contributed by atoms with Gasteiger partial charge in [0.25, 0.3) is 0 Å². The third-order valence-corrected chi connectivity index (χ3v) is 5.06. The maximum atomic E-state index is 13.7. The topological polar surface area (TPSA) is 37.8 Å². The first-order valence-electron chi connectivity index (χ1n) is 7.14. The van der Waals surface area contributed by atoms with Crippen molar-refractivity contribution in [3.63, 3.8) is 0 Å². The van der Waals surface area contributed by atoms with Gasteiger partial charge in [-0.1, -0.05) is 36.9 Å². The SMILES string of the molecule is CCCc1nnsc1C(Cc1cccc(F)c1Br)NCC. The zero-order chi connectivity index (χ0) is 15.2. The van der Waals surface area contributed by atoms with Crippen LogP contribution in [0.4, 0.5) is 4.39 Å². The fourth-order valence-corrected chi connectivity index (χ4v) is 3.52. The van der Waals surface area contributed by atoms with Crippen molar-refractivity contribution < 1.29 is 4.39 Å². The molecule has 6 heteroatoms. The number of benzene rings is 1. The van der Waals surface area contributed by atoms with Gasteiger partial charge in [0.1, 0.15) is 5.82 Å².